The molecule has 0 aliphatic carbocycles. The minimum absolute atomic E-state index is 0.110. The van der Waals surface area contributed by atoms with Gasteiger partial charge in [-0.15, -0.1) is 0 Å². The van der Waals surface area contributed by atoms with Crippen LogP contribution in [0, 0.1) is 19.8 Å². The zero-order chi connectivity index (χ0) is 17.3. The molecule has 0 spiro atoms. The summed E-state index contributed by atoms with van der Waals surface area (Å²) < 4.78 is 5.69. The van der Waals surface area contributed by atoms with Crippen molar-refractivity contribution in [2.75, 3.05) is 20.2 Å². The van der Waals surface area contributed by atoms with Crippen molar-refractivity contribution >= 4 is 11.5 Å². The molecule has 24 heavy (non-hydrogen) atoms. The molecular formula is C19H26N2O3. The number of carbonyl (C=O) groups excluding carboxylic acids is 1. The maximum Gasteiger partial charge on any atom is 0.256 e. The Morgan fingerprint density at radius 3 is 2.62 bits per heavy atom. The average molecular weight is 330 g/mol. The summed E-state index contributed by atoms with van der Waals surface area (Å²) in [6.45, 7) is 5.83. The number of benzene rings is 1. The van der Waals surface area contributed by atoms with E-state index in [0.717, 1.165) is 42.6 Å². The number of amides is 1. The molecule has 0 bridgehead atoms. The predicted octanol–water partition coefficient (Wildman–Crippen LogP) is 2.09. The predicted molar refractivity (Wildman–Crippen MR) is 93.8 cm³/mol. The fraction of sp³-hybridized carbons (Fsp3) is 0.526. The van der Waals surface area contributed by atoms with Gasteiger partial charge in [0.15, 0.2) is 0 Å². The summed E-state index contributed by atoms with van der Waals surface area (Å²) >= 11 is 0. The largest absolute Gasteiger partial charge is 0.509 e. The number of ether oxygens (including phenoxy) is 1. The van der Waals surface area contributed by atoms with Gasteiger partial charge >= 0.3 is 0 Å². The Morgan fingerprint density at radius 2 is 1.96 bits per heavy atom. The molecule has 5 heteroatoms. The minimum atomic E-state index is -0.472. The summed E-state index contributed by atoms with van der Waals surface area (Å²) in [5.41, 5.74) is 3.23. The molecule has 1 amide bonds. The molecule has 0 saturated carbocycles. The molecule has 3 rings (SSSR count). The standard InChI is InChI=1S/C19H26N2O3/c1-11-4-5-12(2)14(10-11)15-17(22)16(21-19(15)23)18(24-3)13-6-8-20-9-7-13/h4-5,10,13,16,18,20,22H,6-9H2,1-3H3,(H,21,23). The van der Waals surface area contributed by atoms with Crippen molar-refractivity contribution in [1.29, 1.82) is 0 Å². The van der Waals surface area contributed by atoms with Crippen molar-refractivity contribution in [1.82, 2.24) is 10.6 Å². The first-order chi connectivity index (χ1) is 11.5. The molecule has 0 aromatic heterocycles. The molecule has 130 valence electrons. The number of aryl methyl sites for hydroxylation is 2. The minimum Gasteiger partial charge on any atom is -0.509 e. The Hall–Kier alpha value is -1.85. The maximum absolute atomic E-state index is 12.6. The highest BCUT2D eigenvalue weighted by Crippen LogP contribution is 2.33. The third-order valence-corrected chi connectivity index (χ3v) is 5.18. The Kier molecular flexibility index (Phi) is 4.92. The number of aliphatic hydroxyl groups is 1. The van der Waals surface area contributed by atoms with Crippen molar-refractivity contribution in [3.05, 3.63) is 40.6 Å². The smallest absolute Gasteiger partial charge is 0.256 e. The van der Waals surface area contributed by atoms with E-state index >= 15 is 0 Å². The molecule has 2 heterocycles. The number of carbonyl (C=O) groups is 1. The van der Waals surface area contributed by atoms with Gasteiger partial charge in [0.25, 0.3) is 5.91 Å². The molecule has 1 fully saturated rings. The number of hydrogen-bond donors (Lipinski definition) is 3. The fourth-order valence-electron chi connectivity index (χ4n) is 3.83. The van der Waals surface area contributed by atoms with Crippen molar-refractivity contribution < 1.29 is 14.6 Å². The van der Waals surface area contributed by atoms with Crippen LogP contribution in [0.3, 0.4) is 0 Å². The van der Waals surface area contributed by atoms with E-state index in [0.29, 0.717) is 11.5 Å². The normalized spacial score (nSPS) is 23.5. The second kappa shape index (κ2) is 6.95. The summed E-state index contributed by atoms with van der Waals surface area (Å²) in [6, 6.07) is 5.47. The highest BCUT2D eigenvalue weighted by atomic mass is 16.5. The monoisotopic (exact) mass is 330 g/mol. The molecule has 5 nitrogen and oxygen atoms in total. The molecular weight excluding hydrogens is 304 g/mol. The molecule has 2 aliphatic rings. The van der Waals surface area contributed by atoms with E-state index in [-0.39, 0.29) is 17.8 Å². The first-order valence-electron chi connectivity index (χ1n) is 8.58. The van der Waals surface area contributed by atoms with Crippen LogP contribution in [0.15, 0.2) is 24.0 Å². The first kappa shape index (κ1) is 17.0. The Balaban J connectivity index is 1.95. The Bertz CT molecular complexity index is 663. The van der Waals surface area contributed by atoms with Crippen molar-refractivity contribution in [2.24, 2.45) is 5.92 Å². The summed E-state index contributed by atoms with van der Waals surface area (Å²) in [5.74, 6) is 0.211. The molecule has 0 radical (unpaired) electrons. The lowest BCUT2D eigenvalue weighted by Gasteiger charge is -2.33. The van der Waals surface area contributed by atoms with Crippen LogP contribution in [-0.2, 0) is 9.53 Å². The molecule has 1 saturated heterocycles. The highest BCUT2D eigenvalue weighted by Gasteiger charge is 2.41. The van der Waals surface area contributed by atoms with Crippen LogP contribution in [0.1, 0.15) is 29.5 Å². The van der Waals surface area contributed by atoms with Crippen LogP contribution in [0.25, 0.3) is 5.57 Å². The van der Waals surface area contributed by atoms with Gasteiger partial charge in [0.05, 0.1) is 11.7 Å². The summed E-state index contributed by atoms with van der Waals surface area (Å²) in [5, 5.41) is 17.1. The maximum atomic E-state index is 12.6. The van der Waals surface area contributed by atoms with Gasteiger partial charge < -0.3 is 20.5 Å². The second-order valence-corrected chi connectivity index (χ2v) is 6.82. The molecule has 3 N–H and O–H groups in total. The number of aliphatic hydroxyl groups excluding tert-OH is 1. The van der Waals surface area contributed by atoms with Gasteiger partial charge in [-0.1, -0.05) is 23.8 Å². The number of rotatable bonds is 4. The van der Waals surface area contributed by atoms with Gasteiger partial charge in [0, 0.05) is 7.11 Å². The van der Waals surface area contributed by atoms with Crippen LogP contribution >= 0.6 is 0 Å². The molecule has 2 aliphatic heterocycles. The lowest BCUT2D eigenvalue weighted by molar-refractivity contribution is -0.116. The van der Waals surface area contributed by atoms with Gasteiger partial charge in [-0.3, -0.25) is 4.79 Å². The lowest BCUT2D eigenvalue weighted by atomic mass is 9.87. The fourth-order valence-corrected chi connectivity index (χ4v) is 3.83. The van der Waals surface area contributed by atoms with Gasteiger partial charge in [0.2, 0.25) is 0 Å². The molecule has 1 aromatic rings. The summed E-state index contributed by atoms with van der Waals surface area (Å²) in [7, 11) is 1.65. The van der Waals surface area contributed by atoms with Crippen LogP contribution in [0.5, 0.6) is 0 Å². The van der Waals surface area contributed by atoms with Crippen LogP contribution < -0.4 is 10.6 Å². The van der Waals surface area contributed by atoms with E-state index in [2.05, 4.69) is 10.6 Å². The molecule has 2 atom stereocenters. The van der Waals surface area contributed by atoms with E-state index in [1.54, 1.807) is 7.11 Å². The van der Waals surface area contributed by atoms with Crippen LogP contribution in [0.2, 0.25) is 0 Å². The number of hydrogen-bond acceptors (Lipinski definition) is 4. The van der Waals surface area contributed by atoms with E-state index in [1.807, 2.05) is 32.0 Å². The summed E-state index contributed by atoms with van der Waals surface area (Å²) in [6.07, 6.45) is 1.76. The van der Waals surface area contributed by atoms with Crippen LogP contribution in [-0.4, -0.2) is 43.4 Å². The van der Waals surface area contributed by atoms with E-state index < -0.39 is 6.04 Å². The van der Waals surface area contributed by atoms with Gasteiger partial charge in [-0.25, -0.2) is 0 Å². The zero-order valence-electron chi connectivity index (χ0n) is 14.6. The number of methoxy groups -OCH3 is 1. The molecule has 2 unspecified atom stereocenters. The van der Waals surface area contributed by atoms with Crippen molar-refractivity contribution in [3.8, 4) is 0 Å². The third kappa shape index (κ3) is 3.06. The van der Waals surface area contributed by atoms with Gasteiger partial charge in [-0.05, 0) is 56.8 Å². The van der Waals surface area contributed by atoms with Crippen molar-refractivity contribution in [3.63, 3.8) is 0 Å². The SMILES string of the molecule is COC(C1CCNCC1)C1NC(=O)C(c2cc(C)ccc2C)=C1O. The lowest BCUT2D eigenvalue weighted by Crippen LogP contribution is -2.47. The second-order valence-electron chi connectivity index (χ2n) is 6.82. The van der Waals surface area contributed by atoms with Gasteiger partial charge in [-0.2, -0.15) is 0 Å². The highest BCUT2D eigenvalue weighted by molar-refractivity contribution is 6.23. The Labute approximate surface area is 143 Å². The number of piperidine rings is 1. The average Bonchev–Trinajstić information content (AvgIpc) is 2.86. The van der Waals surface area contributed by atoms with Gasteiger partial charge in [0.1, 0.15) is 11.8 Å². The molecule has 1 aromatic carbocycles. The quantitative estimate of drug-likeness (QED) is 0.790. The Morgan fingerprint density at radius 1 is 1.25 bits per heavy atom. The summed E-state index contributed by atoms with van der Waals surface area (Å²) in [4.78, 5) is 12.6. The van der Waals surface area contributed by atoms with Crippen LogP contribution in [0.4, 0.5) is 0 Å². The third-order valence-electron chi connectivity index (χ3n) is 5.18. The van der Waals surface area contributed by atoms with E-state index in [4.69, 9.17) is 4.74 Å². The number of nitrogens with one attached hydrogen (secondary N) is 2. The first-order valence-corrected chi connectivity index (χ1v) is 8.58. The zero-order valence-corrected chi connectivity index (χ0v) is 14.6. The van der Waals surface area contributed by atoms with Crippen molar-refractivity contribution in [2.45, 2.75) is 38.8 Å². The van der Waals surface area contributed by atoms with E-state index in [1.165, 1.54) is 0 Å². The van der Waals surface area contributed by atoms with E-state index in [9.17, 15) is 9.90 Å². The topological polar surface area (TPSA) is 70.6 Å².